The Morgan fingerprint density at radius 1 is 1.55 bits per heavy atom. The van der Waals surface area contributed by atoms with Crippen molar-refractivity contribution < 1.29 is 5.11 Å². The van der Waals surface area contributed by atoms with Crippen LogP contribution in [0.25, 0.3) is 11.0 Å². The van der Waals surface area contributed by atoms with E-state index in [1.165, 1.54) is 0 Å². The number of hydrogen-bond donors (Lipinski definition) is 2. The zero-order valence-electron chi connectivity index (χ0n) is 5.50. The van der Waals surface area contributed by atoms with Gasteiger partial charge in [0.15, 0.2) is 0 Å². The summed E-state index contributed by atoms with van der Waals surface area (Å²) in [7, 11) is 0. The average Bonchev–Trinajstić information content (AvgIpc) is 2.34. The molecular weight excluding hydrogens is 208 g/mol. The SMILES string of the molecule is Oc1cc(Br)c2cc[nH]c2n1. The number of aromatic nitrogens is 2. The summed E-state index contributed by atoms with van der Waals surface area (Å²) in [4.78, 5) is 6.77. The number of halogens is 1. The molecular formula is C7H5BrN2O. The van der Waals surface area contributed by atoms with Crippen LogP contribution in [0.15, 0.2) is 22.8 Å². The van der Waals surface area contributed by atoms with Crippen LogP contribution in [0.3, 0.4) is 0 Å². The number of H-pyrrole nitrogens is 1. The molecule has 0 saturated heterocycles. The number of nitrogens with one attached hydrogen (secondary N) is 1. The monoisotopic (exact) mass is 212 g/mol. The van der Waals surface area contributed by atoms with Crippen molar-refractivity contribution in [2.45, 2.75) is 0 Å². The maximum Gasteiger partial charge on any atom is 0.213 e. The highest BCUT2D eigenvalue weighted by atomic mass is 79.9. The number of fused-ring (bicyclic) bond motifs is 1. The van der Waals surface area contributed by atoms with E-state index in [1.54, 1.807) is 12.3 Å². The van der Waals surface area contributed by atoms with Gasteiger partial charge in [0.25, 0.3) is 0 Å². The van der Waals surface area contributed by atoms with Crippen LogP contribution in [0, 0.1) is 0 Å². The van der Waals surface area contributed by atoms with Crippen LogP contribution >= 0.6 is 15.9 Å². The zero-order valence-corrected chi connectivity index (χ0v) is 7.09. The van der Waals surface area contributed by atoms with Crippen LogP contribution in [-0.4, -0.2) is 15.1 Å². The highest BCUT2D eigenvalue weighted by Crippen LogP contribution is 2.24. The molecule has 2 heterocycles. The van der Waals surface area contributed by atoms with E-state index in [2.05, 4.69) is 25.9 Å². The first-order chi connectivity index (χ1) is 5.27. The number of hydrogen-bond acceptors (Lipinski definition) is 2. The maximum atomic E-state index is 9.07. The predicted molar refractivity (Wildman–Crippen MR) is 45.5 cm³/mol. The first kappa shape index (κ1) is 6.67. The van der Waals surface area contributed by atoms with Gasteiger partial charge in [-0.2, -0.15) is 4.98 Å². The van der Waals surface area contributed by atoms with Crippen molar-refractivity contribution in [3.05, 3.63) is 22.8 Å². The van der Waals surface area contributed by atoms with Crippen molar-refractivity contribution >= 4 is 27.0 Å². The lowest BCUT2D eigenvalue weighted by Gasteiger charge is -1.93. The zero-order chi connectivity index (χ0) is 7.84. The van der Waals surface area contributed by atoms with Crippen molar-refractivity contribution in [3.63, 3.8) is 0 Å². The van der Waals surface area contributed by atoms with E-state index in [1.807, 2.05) is 6.07 Å². The number of pyridine rings is 1. The second-order valence-corrected chi connectivity index (χ2v) is 3.06. The molecule has 0 aliphatic heterocycles. The van der Waals surface area contributed by atoms with E-state index in [9.17, 15) is 0 Å². The minimum atomic E-state index is 0.0202. The Labute approximate surface area is 71.2 Å². The molecule has 3 nitrogen and oxygen atoms in total. The van der Waals surface area contributed by atoms with E-state index < -0.39 is 0 Å². The summed E-state index contributed by atoms with van der Waals surface area (Å²) in [5, 5.41) is 10.0. The summed E-state index contributed by atoms with van der Waals surface area (Å²) in [6.07, 6.45) is 1.78. The van der Waals surface area contributed by atoms with E-state index >= 15 is 0 Å². The minimum Gasteiger partial charge on any atom is -0.493 e. The molecule has 0 saturated carbocycles. The van der Waals surface area contributed by atoms with Gasteiger partial charge in [-0.25, -0.2) is 0 Å². The van der Waals surface area contributed by atoms with E-state index in [-0.39, 0.29) is 5.88 Å². The quantitative estimate of drug-likeness (QED) is 0.703. The molecule has 0 atom stereocenters. The van der Waals surface area contributed by atoms with Crippen LogP contribution in [0.2, 0.25) is 0 Å². The maximum absolute atomic E-state index is 9.07. The topological polar surface area (TPSA) is 48.9 Å². The Kier molecular flexibility index (Phi) is 1.35. The van der Waals surface area contributed by atoms with Crippen LogP contribution in [-0.2, 0) is 0 Å². The normalized spacial score (nSPS) is 10.6. The molecule has 0 bridgehead atoms. The molecule has 4 heteroatoms. The molecule has 0 aliphatic rings. The van der Waals surface area contributed by atoms with Crippen molar-refractivity contribution in [1.82, 2.24) is 9.97 Å². The minimum absolute atomic E-state index is 0.0202. The Morgan fingerprint density at radius 2 is 2.36 bits per heavy atom. The van der Waals surface area contributed by atoms with Crippen LogP contribution < -0.4 is 0 Å². The summed E-state index contributed by atoms with van der Waals surface area (Å²) in [6, 6.07) is 3.46. The number of rotatable bonds is 0. The van der Waals surface area contributed by atoms with Crippen molar-refractivity contribution in [1.29, 1.82) is 0 Å². The third-order valence-corrected chi connectivity index (χ3v) is 2.12. The van der Waals surface area contributed by atoms with Gasteiger partial charge in [0, 0.05) is 22.1 Å². The molecule has 2 N–H and O–H groups in total. The summed E-state index contributed by atoms with van der Waals surface area (Å²) in [5.41, 5.74) is 0.692. The fraction of sp³-hybridized carbons (Fsp3) is 0. The molecule has 2 rings (SSSR count). The largest absolute Gasteiger partial charge is 0.493 e. The number of nitrogens with zero attached hydrogens (tertiary/aromatic N) is 1. The lowest BCUT2D eigenvalue weighted by Crippen LogP contribution is -1.77. The summed E-state index contributed by atoms with van der Waals surface area (Å²) >= 11 is 3.31. The smallest absolute Gasteiger partial charge is 0.213 e. The van der Waals surface area contributed by atoms with E-state index in [4.69, 9.17) is 5.11 Å². The molecule has 0 aliphatic carbocycles. The molecule has 0 spiro atoms. The van der Waals surface area contributed by atoms with Gasteiger partial charge >= 0.3 is 0 Å². The van der Waals surface area contributed by atoms with Crippen molar-refractivity contribution in [3.8, 4) is 5.88 Å². The third kappa shape index (κ3) is 0.991. The Hall–Kier alpha value is -1.03. The Bertz CT molecular complexity index is 396. The van der Waals surface area contributed by atoms with Gasteiger partial charge in [-0.05, 0) is 22.0 Å². The highest BCUT2D eigenvalue weighted by molar-refractivity contribution is 9.10. The molecule has 0 aromatic carbocycles. The molecule has 2 aromatic heterocycles. The van der Waals surface area contributed by atoms with Gasteiger partial charge in [-0.15, -0.1) is 0 Å². The molecule has 0 fully saturated rings. The van der Waals surface area contributed by atoms with Gasteiger partial charge in [-0.3, -0.25) is 0 Å². The van der Waals surface area contributed by atoms with Crippen molar-refractivity contribution in [2.75, 3.05) is 0 Å². The van der Waals surface area contributed by atoms with Gasteiger partial charge < -0.3 is 10.1 Å². The highest BCUT2D eigenvalue weighted by Gasteiger charge is 2.01. The number of aromatic hydroxyl groups is 1. The summed E-state index contributed by atoms with van der Waals surface area (Å²) < 4.78 is 0.848. The Morgan fingerprint density at radius 3 is 3.18 bits per heavy atom. The molecule has 0 amide bonds. The molecule has 0 unspecified atom stereocenters. The number of aromatic amines is 1. The van der Waals surface area contributed by atoms with Gasteiger partial charge in [0.1, 0.15) is 5.65 Å². The third-order valence-electron chi connectivity index (χ3n) is 1.46. The van der Waals surface area contributed by atoms with Crippen molar-refractivity contribution in [2.24, 2.45) is 0 Å². The predicted octanol–water partition coefficient (Wildman–Crippen LogP) is 2.03. The van der Waals surface area contributed by atoms with Gasteiger partial charge in [0.2, 0.25) is 5.88 Å². The summed E-state index contributed by atoms with van der Waals surface area (Å²) in [5.74, 6) is 0.0202. The standard InChI is InChI=1S/C7H5BrN2O/c8-5-3-6(11)10-7-4(5)1-2-9-7/h1-3H,(H2,9,10,11). The molecule has 0 radical (unpaired) electrons. The lowest BCUT2D eigenvalue weighted by atomic mass is 10.3. The molecule has 2 aromatic rings. The van der Waals surface area contributed by atoms with Crippen LogP contribution in [0.4, 0.5) is 0 Å². The summed E-state index contributed by atoms with van der Waals surface area (Å²) in [6.45, 7) is 0. The second kappa shape index (κ2) is 2.23. The Balaban J connectivity index is 2.91. The van der Waals surface area contributed by atoms with Gasteiger partial charge in [-0.1, -0.05) is 0 Å². The first-order valence-corrected chi connectivity index (χ1v) is 3.89. The molecule has 56 valence electrons. The van der Waals surface area contributed by atoms with Crippen LogP contribution in [0.1, 0.15) is 0 Å². The van der Waals surface area contributed by atoms with Gasteiger partial charge in [0.05, 0.1) is 0 Å². The fourth-order valence-electron chi connectivity index (χ4n) is 0.984. The first-order valence-electron chi connectivity index (χ1n) is 3.10. The lowest BCUT2D eigenvalue weighted by molar-refractivity contribution is 0.455. The van der Waals surface area contributed by atoms with Crippen LogP contribution in [0.5, 0.6) is 5.88 Å². The van der Waals surface area contributed by atoms with E-state index in [0.29, 0.717) is 5.65 Å². The fourth-order valence-corrected chi connectivity index (χ4v) is 1.51. The molecule has 11 heavy (non-hydrogen) atoms. The second-order valence-electron chi connectivity index (χ2n) is 2.20. The average molecular weight is 213 g/mol. The van der Waals surface area contributed by atoms with E-state index in [0.717, 1.165) is 9.86 Å².